The van der Waals surface area contributed by atoms with Crippen molar-refractivity contribution in [2.45, 2.75) is 13.0 Å². The smallest absolute Gasteiger partial charge is 1.00 e. The first-order chi connectivity index (χ1) is 12.2. The van der Waals surface area contributed by atoms with E-state index in [1.54, 1.807) is 0 Å². The standard InChI is InChI=1S/C20H24N2O3.Li.H/c23-20(24)10-11-21-12-14-22(15-13-21)18-6-8-19(9-7-18)25-16-17-4-2-1-3-5-17;;/h1-9H,10-16H2,(H,23,24);;/q;+1;-1. The molecule has 0 radical (unpaired) electrons. The number of hydrogen-bond acceptors (Lipinski definition) is 4. The zero-order chi connectivity index (χ0) is 17.5. The van der Waals surface area contributed by atoms with E-state index in [2.05, 4.69) is 34.1 Å². The summed E-state index contributed by atoms with van der Waals surface area (Å²) in [6.45, 7) is 4.85. The Morgan fingerprint density at radius 1 is 1.00 bits per heavy atom. The first kappa shape index (κ1) is 20.4. The molecular weight excluding hydrogens is 323 g/mol. The number of nitrogens with zero attached hydrogens (tertiary/aromatic N) is 2. The van der Waals surface area contributed by atoms with Crippen LogP contribution in [-0.4, -0.2) is 48.7 Å². The molecule has 1 fully saturated rings. The number of hydrogen-bond donors (Lipinski definition) is 1. The molecule has 0 bridgehead atoms. The van der Waals surface area contributed by atoms with E-state index in [1.165, 1.54) is 5.69 Å². The van der Waals surface area contributed by atoms with Gasteiger partial charge < -0.3 is 16.2 Å². The zero-order valence-electron chi connectivity index (χ0n) is 16.3. The van der Waals surface area contributed by atoms with Gasteiger partial charge in [0.2, 0.25) is 0 Å². The van der Waals surface area contributed by atoms with Crippen molar-refractivity contribution in [2.75, 3.05) is 37.6 Å². The van der Waals surface area contributed by atoms with Gasteiger partial charge in [0, 0.05) is 38.4 Å². The minimum atomic E-state index is -0.728. The molecule has 26 heavy (non-hydrogen) atoms. The normalized spacial score (nSPS) is 14.5. The predicted octanol–water partition coefficient (Wildman–Crippen LogP) is -0.0212. The quantitative estimate of drug-likeness (QED) is 0.713. The Morgan fingerprint density at radius 2 is 1.65 bits per heavy atom. The van der Waals surface area contributed by atoms with Crippen molar-refractivity contribution in [3.63, 3.8) is 0 Å². The van der Waals surface area contributed by atoms with Crippen molar-refractivity contribution in [1.82, 2.24) is 4.90 Å². The summed E-state index contributed by atoms with van der Waals surface area (Å²) >= 11 is 0. The molecule has 6 heteroatoms. The van der Waals surface area contributed by atoms with Crippen LogP contribution >= 0.6 is 0 Å². The van der Waals surface area contributed by atoms with Gasteiger partial charge in [-0.05, 0) is 29.8 Å². The number of carboxylic acids is 1. The number of rotatable bonds is 7. The van der Waals surface area contributed by atoms with Gasteiger partial charge in [-0.3, -0.25) is 9.69 Å². The summed E-state index contributed by atoms with van der Waals surface area (Å²) in [5.74, 6) is 0.140. The average Bonchev–Trinajstić information content (AvgIpc) is 2.66. The number of aliphatic carboxylic acids is 1. The molecule has 2 aromatic rings. The summed E-state index contributed by atoms with van der Waals surface area (Å²) in [7, 11) is 0. The van der Waals surface area contributed by atoms with Crippen LogP contribution in [0.15, 0.2) is 54.6 Å². The number of anilines is 1. The van der Waals surface area contributed by atoms with Crippen LogP contribution in [0.2, 0.25) is 0 Å². The predicted molar refractivity (Wildman–Crippen MR) is 99.2 cm³/mol. The van der Waals surface area contributed by atoms with Crippen molar-refractivity contribution in [3.8, 4) is 5.75 Å². The van der Waals surface area contributed by atoms with Crippen LogP contribution < -0.4 is 28.5 Å². The number of carbonyl (C=O) groups is 1. The maximum absolute atomic E-state index is 10.7. The van der Waals surface area contributed by atoms with E-state index in [1.807, 2.05) is 30.3 Å². The fourth-order valence-electron chi connectivity index (χ4n) is 2.98. The molecule has 0 aliphatic carbocycles. The maximum Gasteiger partial charge on any atom is 1.00 e. The Labute approximate surface area is 168 Å². The third-order valence-corrected chi connectivity index (χ3v) is 4.46. The van der Waals surface area contributed by atoms with E-state index in [-0.39, 0.29) is 26.7 Å². The van der Waals surface area contributed by atoms with Gasteiger partial charge in [0.05, 0.1) is 6.42 Å². The minimum Gasteiger partial charge on any atom is -1.00 e. The maximum atomic E-state index is 10.7. The fraction of sp³-hybridized carbons (Fsp3) is 0.350. The second-order valence-corrected chi connectivity index (χ2v) is 6.24. The largest absolute Gasteiger partial charge is 1.00 e. The van der Waals surface area contributed by atoms with Gasteiger partial charge in [0.25, 0.3) is 0 Å². The molecule has 1 N–H and O–H groups in total. The van der Waals surface area contributed by atoms with E-state index < -0.39 is 5.97 Å². The molecule has 1 saturated heterocycles. The van der Waals surface area contributed by atoms with E-state index >= 15 is 0 Å². The van der Waals surface area contributed by atoms with Gasteiger partial charge in [0.15, 0.2) is 0 Å². The van der Waals surface area contributed by atoms with Crippen molar-refractivity contribution in [2.24, 2.45) is 0 Å². The molecule has 5 nitrogen and oxygen atoms in total. The van der Waals surface area contributed by atoms with Gasteiger partial charge in [-0.1, -0.05) is 30.3 Å². The van der Waals surface area contributed by atoms with Crippen molar-refractivity contribution in [1.29, 1.82) is 0 Å². The number of benzene rings is 2. The molecule has 1 aliphatic heterocycles. The molecule has 0 saturated carbocycles. The van der Waals surface area contributed by atoms with E-state index in [0.717, 1.165) is 37.5 Å². The van der Waals surface area contributed by atoms with Crippen LogP contribution in [0.5, 0.6) is 5.75 Å². The van der Waals surface area contributed by atoms with Crippen molar-refractivity contribution >= 4 is 11.7 Å². The molecule has 0 atom stereocenters. The molecule has 2 aromatic carbocycles. The molecule has 3 rings (SSSR count). The summed E-state index contributed by atoms with van der Waals surface area (Å²) < 4.78 is 5.82. The van der Waals surface area contributed by atoms with Crippen LogP contribution in [0.3, 0.4) is 0 Å². The van der Waals surface area contributed by atoms with Gasteiger partial charge in [-0.2, -0.15) is 0 Å². The summed E-state index contributed by atoms with van der Waals surface area (Å²) in [4.78, 5) is 15.2. The Kier molecular flexibility index (Phi) is 8.05. The summed E-state index contributed by atoms with van der Waals surface area (Å²) in [5, 5.41) is 8.77. The first-order valence-corrected chi connectivity index (χ1v) is 8.66. The minimum absolute atomic E-state index is 0. The van der Waals surface area contributed by atoms with Crippen LogP contribution in [0.4, 0.5) is 5.69 Å². The summed E-state index contributed by atoms with van der Waals surface area (Å²) in [6.07, 6.45) is 0.216. The van der Waals surface area contributed by atoms with Crippen LogP contribution in [0.25, 0.3) is 0 Å². The molecule has 0 unspecified atom stereocenters. The Hall–Kier alpha value is -1.93. The van der Waals surface area contributed by atoms with Crippen LogP contribution in [-0.2, 0) is 11.4 Å². The number of piperazine rings is 1. The van der Waals surface area contributed by atoms with E-state index in [0.29, 0.717) is 13.2 Å². The van der Waals surface area contributed by atoms with Crippen LogP contribution in [0.1, 0.15) is 13.4 Å². The van der Waals surface area contributed by atoms with E-state index in [9.17, 15) is 4.79 Å². The monoisotopic (exact) mass is 348 g/mol. The zero-order valence-corrected chi connectivity index (χ0v) is 15.3. The van der Waals surface area contributed by atoms with Gasteiger partial charge in [-0.15, -0.1) is 0 Å². The van der Waals surface area contributed by atoms with Crippen LogP contribution in [0, 0.1) is 0 Å². The van der Waals surface area contributed by atoms with E-state index in [4.69, 9.17) is 9.84 Å². The molecule has 0 amide bonds. The van der Waals surface area contributed by atoms with Gasteiger partial charge >= 0.3 is 24.8 Å². The topological polar surface area (TPSA) is 53.0 Å². The van der Waals surface area contributed by atoms with Gasteiger partial charge in [0.1, 0.15) is 12.4 Å². The van der Waals surface area contributed by atoms with Gasteiger partial charge in [-0.25, -0.2) is 0 Å². The summed E-state index contributed by atoms with van der Waals surface area (Å²) in [6, 6.07) is 18.3. The van der Waals surface area contributed by atoms with Crippen molar-refractivity contribution < 1.29 is 34.9 Å². The number of carboxylic acid groups (broad SMARTS) is 1. The molecule has 0 aromatic heterocycles. The molecule has 0 spiro atoms. The molecular formula is C20H25LiN2O3. The number of ether oxygens (including phenoxy) is 1. The average molecular weight is 348 g/mol. The Bertz CT molecular complexity index is 677. The molecule has 1 heterocycles. The SMILES string of the molecule is O=C(O)CCN1CCN(c2ccc(OCc3ccccc3)cc2)CC1.[H-].[Li+]. The molecule has 134 valence electrons. The second kappa shape index (κ2) is 10.3. The Morgan fingerprint density at radius 3 is 2.27 bits per heavy atom. The molecule has 1 aliphatic rings. The third kappa shape index (κ3) is 6.10. The first-order valence-electron chi connectivity index (χ1n) is 8.66. The third-order valence-electron chi connectivity index (χ3n) is 4.46. The van der Waals surface area contributed by atoms with Crippen molar-refractivity contribution in [3.05, 3.63) is 60.2 Å². The fourth-order valence-corrected chi connectivity index (χ4v) is 2.98. The second-order valence-electron chi connectivity index (χ2n) is 6.24. The Balaban J connectivity index is 0.00000182. The summed E-state index contributed by atoms with van der Waals surface area (Å²) in [5.41, 5.74) is 2.34.